The lowest BCUT2D eigenvalue weighted by Crippen LogP contribution is -2.14. The van der Waals surface area contributed by atoms with Gasteiger partial charge in [-0.3, -0.25) is 0 Å². The molecule has 0 aliphatic heterocycles. The molecule has 1 fully saturated rings. The van der Waals surface area contributed by atoms with Gasteiger partial charge in [0.05, 0.1) is 0 Å². The van der Waals surface area contributed by atoms with Crippen molar-refractivity contribution in [2.24, 2.45) is 11.8 Å². The lowest BCUT2D eigenvalue weighted by Gasteiger charge is -2.27. The maximum absolute atomic E-state index is 15.1. The molecule has 0 nitrogen and oxygen atoms in total. The van der Waals surface area contributed by atoms with E-state index in [1.54, 1.807) is 6.07 Å². The van der Waals surface area contributed by atoms with Crippen molar-refractivity contribution in [3.63, 3.8) is 0 Å². The van der Waals surface area contributed by atoms with Crippen LogP contribution in [0.15, 0.2) is 61.2 Å². The van der Waals surface area contributed by atoms with Gasteiger partial charge in [0, 0.05) is 5.39 Å². The fourth-order valence-electron chi connectivity index (χ4n) is 5.07. The average Bonchev–Trinajstić information content (AvgIpc) is 2.80. The van der Waals surface area contributed by atoms with Crippen LogP contribution in [-0.4, -0.2) is 0 Å². The molecule has 0 atom stereocenters. The smallest absolute Gasteiger partial charge is 0.159 e. The highest BCUT2D eigenvalue weighted by Gasteiger charge is 2.20. The molecule has 3 aromatic carbocycles. The first-order chi connectivity index (χ1) is 15.5. The lowest BCUT2D eigenvalue weighted by molar-refractivity contribution is 0.265. The van der Waals surface area contributed by atoms with Crippen molar-refractivity contribution in [1.29, 1.82) is 0 Å². The van der Waals surface area contributed by atoms with Crippen molar-refractivity contribution in [2.45, 2.75) is 57.8 Å². The van der Waals surface area contributed by atoms with Gasteiger partial charge in [-0.05, 0) is 91.0 Å². The monoisotopic (exact) mass is 436 g/mol. The molecule has 1 aliphatic rings. The summed E-state index contributed by atoms with van der Waals surface area (Å²) in [5.74, 6) is -0.316. The Labute approximate surface area is 189 Å². The molecular formula is C29H31F3. The van der Waals surface area contributed by atoms with Crippen LogP contribution in [0.3, 0.4) is 0 Å². The first-order valence-corrected chi connectivity index (χ1v) is 11.8. The normalized spacial score (nSPS) is 18.7. The van der Waals surface area contributed by atoms with Gasteiger partial charge in [0.25, 0.3) is 0 Å². The molecule has 0 heterocycles. The quantitative estimate of drug-likeness (QED) is 0.311. The Kier molecular flexibility index (Phi) is 7.34. The number of allylic oxidation sites excluding steroid dienone is 1. The third-order valence-electron chi connectivity index (χ3n) is 7.07. The number of benzene rings is 3. The number of hydrogen-bond donors (Lipinski definition) is 0. The van der Waals surface area contributed by atoms with E-state index in [4.69, 9.17) is 0 Å². The third-order valence-corrected chi connectivity index (χ3v) is 7.07. The minimum Gasteiger partial charge on any atom is -0.206 e. The van der Waals surface area contributed by atoms with E-state index in [-0.39, 0.29) is 5.82 Å². The molecule has 0 amide bonds. The van der Waals surface area contributed by atoms with Gasteiger partial charge >= 0.3 is 0 Å². The van der Waals surface area contributed by atoms with Crippen LogP contribution in [0, 0.1) is 29.3 Å². The van der Waals surface area contributed by atoms with Gasteiger partial charge in [0.15, 0.2) is 11.6 Å². The summed E-state index contributed by atoms with van der Waals surface area (Å²) in [6.07, 6.45) is 11.6. The van der Waals surface area contributed by atoms with Crippen LogP contribution in [0.5, 0.6) is 0 Å². The van der Waals surface area contributed by atoms with Gasteiger partial charge in [-0.15, -0.1) is 6.58 Å². The number of rotatable bonds is 8. The zero-order valence-corrected chi connectivity index (χ0v) is 18.6. The summed E-state index contributed by atoms with van der Waals surface area (Å²) >= 11 is 0. The second kappa shape index (κ2) is 10.4. The summed E-state index contributed by atoms with van der Waals surface area (Å²) < 4.78 is 41.6. The molecular weight excluding hydrogens is 405 g/mol. The summed E-state index contributed by atoms with van der Waals surface area (Å²) in [4.78, 5) is 0. The molecule has 0 saturated heterocycles. The van der Waals surface area contributed by atoms with Gasteiger partial charge in [-0.25, -0.2) is 13.2 Å². The SMILES string of the molecule is C=CCC1CCC(CCc2ccc3c(F)c(CCc4ccc(F)c(F)c4)ccc3c2)CC1. The van der Waals surface area contributed by atoms with E-state index in [1.807, 2.05) is 30.3 Å². The Morgan fingerprint density at radius 3 is 2.22 bits per heavy atom. The largest absolute Gasteiger partial charge is 0.206 e. The second-order valence-corrected chi connectivity index (χ2v) is 9.29. The van der Waals surface area contributed by atoms with Crippen LogP contribution < -0.4 is 0 Å². The van der Waals surface area contributed by atoms with Crippen LogP contribution in [0.25, 0.3) is 10.8 Å². The highest BCUT2D eigenvalue weighted by atomic mass is 19.2. The summed E-state index contributed by atoms with van der Waals surface area (Å²) in [7, 11) is 0. The van der Waals surface area contributed by atoms with Crippen molar-refractivity contribution in [2.75, 3.05) is 0 Å². The zero-order chi connectivity index (χ0) is 22.5. The fraction of sp³-hybridized carbons (Fsp3) is 0.379. The summed E-state index contributed by atoms with van der Waals surface area (Å²) in [5, 5.41) is 1.55. The maximum Gasteiger partial charge on any atom is 0.159 e. The van der Waals surface area contributed by atoms with Gasteiger partial charge in [0.2, 0.25) is 0 Å². The van der Waals surface area contributed by atoms with E-state index in [2.05, 4.69) is 12.6 Å². The molecule has 0 aromatic heterocycles. The molecule has 1 saturated carbocycles. The molecule has 32 heavy (non-hydrogen) atoms. The van der Waals surface area contributed by atoms with E-state index in [9.17, 15) is 8.78 Å². The van der Waals surface area contributed by atoms with Crippen molar-refractivity contribution < 1.29 is 13.2 Å². The van der Waals surface area contributed by atoms with Crippen LogP contribution >= 0.6 is 0 Å². The number of aryl methyl sites for hydroxylation is 3. The first-order valence-electron chi connectivity index (χ1n) is 11.8. The molecule has 168 valence electrons. The number of hydrogen-bond acceptors (Lipinski definition) is 0. The highest BCUT2D eigenvalue weighted by Crippen LogP contribution is 2.34. The van der Waals surface area contributed by atoms with E-state index < -0.39 is 11.6 Å². The third kappa shape index (κ3) is 5.43. The molecule has 3 aromatic rings. The predicted molar refractivity (Wildman–Crippen MR) is 126 cm³/mol. The van der Waals surface area contributed by atoms with E-state index >= 15 is 4.39 Å². The molecule has 3 heteroatoms. The zero-order valence-electron chi connectivity index (χ0n) is 18.6. The summed E-state index contributed by atoms with van der Waals surface area (Å²) in [5.41, 5.74) is 2.53. The molecule has 0 bridgehead atoms. The van der Waals surface area contributed by atoms with Crippen LogP contribution in [0.4, 0.5) is 13.2 Å². The predicted octanol–water partition coefficient (Wildman–Crippen LogP) is 8.36. The lowest BCUT2D eigenvalue weighted by atomic mass is 9.78. The van der Waals surface area contributed by atoms with E-state index in [0.717, 1.165) is 36.1 Å². The summed E-state index contributed by atoms with van der Waals surface area (Å²) in [6, 6.07) is 13.7. The Balaban J connectivity index is 1.37. The van der Waals surface area contributed by atoms with Crippen molar-refractivity contribution in [3.8, 4) is 0 Å². The first kappa shape index (κ1) is 22.6. The van der Waals surface area contributed by atoms with Crippen molar-refractivity contribution in [1.82, 2.24) is 0 Å². The highest BCUT2D eigenvalue weighted by molar-refractivity contribution is 5.84. The molecule has 0 N–H and O–H groups in total. The fourth-order valence-corrected chi connectivity index (χ4v) is 5.07. The summed E-state index contributed by atoms with van der Waals surface area (Å²) in [6.45, 7) is 3.86. The van der Waals surface area contributed by atoms with Crippen molar-refractivity contribution >= 4 is 10.8 Å². The van der Waals surface area contributed by atoms with Gasteiger partial charge in [-0.1, -0.05) is 55.3 Å². The van der Waals surface area contributed by atoms with E-state index in [1.165, 1.54) is 43.7 Å². The molecule has 0 radical (unpaired) electrons. The molecule has 1 aliphatic carbocycles. The number of halogens is 3. The van der Waals surface area contributed by atoms with Crippen LogP contribution in [0.2, 0.25) is 0 Å². The minimum atomic E-state index is -0.862. The maximum atomic E-state index is 15.1. The Bertz CT molecular complexity index is 1080. The molecule has 4 rings (SSSR count). The minimum absolute atomic E-state index is 0.211. The van der Waals surface area contributed by atoms with Crippen LogP contribution in [0.1, 0.15) is 55.2 Å². The van der Waals surface area contributed by atoms with Crippen molar-refractivity contribution in [3.05, 3.63) is 95.3 Å². The van der Waals surface area contributed by atoms with Gasteiger partial charge < -0.3 is 0 Å². The molecule has 0 spiro atoms. The van der Waals surface area contributed by atoms with Crippen LogP contribution in [-0.2, 0) is 19.3 Å². The van der Waals surface area contributed by atoms with Gasteiger partial charge in [-0.2, -0.15) is 0 Å². The average molecular weight is 437 g/mol. The number of fused-ring (bicyclic) bond motifs is 1. The topological polar surface area (TPSA) is 0 Å². The van der Waals surface area contributed by atoms with Gasteiger partial charge in [0.1, 0.15) is 5.82 Å². The Morgan fingerprint density at radius 2 is 1.47 bits per heavy atom. The second-order valence-electron chi connectivity index (χ2n) is 9.29. The van der Waals surface area contributed by atoms with E-state index in [0.29, 0.717) is 29.4 Å². The molecule has 0 unspecified atom stereocenters. The standard InChI is InChI=1S/C29H31F3/c1-2-3-20-4-6-21(7-5-20)8-9-22-11-16-26-25(18-22)15-14-24(29(26)32)13-10-23-12-17-27(30)28(31)19-23/h2,11-12,14-21H,1,3-10,13H2. The Morgan fingerprint density at radius 1 is 0.750 bits per heavy atom. The Hall–Kier alpha value is -2.55.